The molecule has 1 amide bonds. The van der Waals surface area contributed by atoms with Crippen molar-refractivity contribution in [2.24, 2.45) is 0 Å². The third-order valence-corrected chi connectivity index (χ3v) is 2.91. The highest BCUT2D eigenvalue weighted by molar-refractivity contribution is 5.94. The molecule has 0 radical (unpaired) electrons. The van der Waals surface area contributed by atoms with E-state index in [2.05, 4.69) is 0 Å². The Balaban J connectivity index is 2.32. The Hall–Kier alpha value is -1.59. The minimum Gasteiger partial charge on any atom is -0.339 e. The molecule has 0 saturated carbocycles. The maximum absolute atomic E-state index is 13.1. The van der Waals surface area contributed by atoms with Crippen molar-refractivity contribution in [3.8, 4) is 0 Å². The number of carbonyl (C=O) groups excluding carboxylic acids is 1. The van der Waals surface area contributed by atoms with Gasteiger partial charge in [0.2, 0.25) is 0 Å². The fraction of sp³-hybridized carbons (Fsp3) is 0.417. The summed E-state index contributed by atoms with van der Waals surface area (Å²) in [6.45, 7) is 1.08. The summed E-state index contributed by atoms with van der Waals surface area (Å²) < 4.78 is 50.6. The highest BCUT2D eigenvalue weighted by atomic mass is 19.4. The lowest BCUT2D eigenvalue weighted by molar-refractivity contribution is -0.140. The van der Waals surface area contributed by atoms with Crippen molar-refractivity contribution >= 4 is 5.91 Å². The number of benzene rings is 1. The molecule has 98 valence electrons. The van der Waals surface area contributed by atoms with Crippen LogP contribution in [-0.2, 0) is 6.18 Å². The van der Waals surface area contributed by atoms with Crippen molar-refractivity contribution in [3.63, 3.8) is 0 Å². The molecule has 2 nitrogen and oxygen atoms in total. The van der Waals surface area contributed by atoms with Crippen LogP contribution >= 0.6 is 0 Å². The van der Waals surface area contributed by atoms with Crippen LogP contribution < -0.4 is 0 Å². The van der Waals surface area contributed by atoms with E-state index >= 15 is 0 Å². The van der Waals surface area contributed by atoms with E-state index in [4.69, 9.17) is 0 Å². The van der Waals surface area contributed by atoms with Gasteiger partial charge in [-0.25, -0.2) is 4.39 Å². The van der Waals surface area contributed by atoms with E-state index in [1.54, 1.807) is 0 Å². The van der Waals surface area contributed by atoms with Gasteiger partial charge in [0.1, 0.15) is 5.82 Å². The van der Waals surface area contributed by atoms with Gasteiger partial charge in [0, 0.05) is 18.7 Å². The van der Waals surface area contributed by atoms with Crippen molar-refractivity contribution in [2.45, 2.75) is 19.0 Å². The lowest BCUT2D eigenvalue weighted by Crippen LogP contribution is -2.28. The Morgan fingerprint density at radius 1 is 1.17 bits per heavy atom. The average molecular weight is 261 g/mol. The van der Waals surface area contributed by atoms with Crippen molar-refractivity contribution < 1.29 is 22.4 Å². The van der Waals surface area contributed by atoms with Crippen molar-refractivity contribution in [2.75, 3.05) is 13.1 Å². The third kappa shape index (κ3) is 2.47. The second kappa shape index (κ2) is 4.59. The van der Waals surface area contributed by atoms with Crippen LogP contribution in [-0.4, -0.2) is 23.9 Å². The number of amides is 1. The number of rotatable bonds is 1. The fourth-order valence-corrected chi connectivity index (χ4v) is 1.98. The van der Waals surface area contributed by atoms with Gasteiger partial charge in [0.05, 0.1) is 5.56 Å². The van der Waals surface area contributed by atoms with E-state index < -0.39 is 23.5 Å². The fourth-order valence-electron chi connectivity index (χ4n) is 1.98. The van der Waals surface area contributed by atoms with E-state index in [-0.39, 0.29) is 5.56 Å². The zero-order valence-electron chi connectivity index (χ0n) is 9.43. The molecule has 0 spiro atoms. The molecule has 1 aromatic carbocycles. The minimum absolute atomic E-state index is 0.120. The lowest BCUT2D eigenvalue weighted by Gasteiger charge is -2.16. The standard InChI is InChI=1S/C12H11F4NO/c13-10-4-3-8(7-9(10)12(14,15)16)11(18)17-5-1-2-6-17/h3-4,7H,1-2,5-6H2. The first-order valence-corrected chi connectivity index (χ1v) is 5.55. The Morgan fingerprint density at radius 2 is 1.78 bits per heavy atom. The first kappa shape index (κ1) is 12.9. The normalized spacial score (nSPS) is 16.1. The predicted octanol–water partition coefficient (Wildman–Crippen LogP) is 3.08. The molecule has 0 bridgehead atoms. The molecule has 1 aliphatic rings. The van der Waals surface area contributed by atoms with Crippen molar-refractivity contribution in [3.05, 3.63) is 35.1 Å². The molecular formula is C12H11F4NO. The van der Waals surface area contributed by atoms with Crippen LogP contribution in [0.25, 0.3) is 0 Å². The second-order valence-electron chi connectivity index (χ2n) is 4.19. The molecule has 1 fully saturated rings. The van der Waals surface area contributed by atoms with Crippen molar-refractivity contribution in [1.29, 1.82) is 0 Å². The number of halogens is 4. The van der Waals surface area contributed by atoms with E-state index in [1.165, 1.54) is 4.90 Å². The smallest absolute Gasteiger partial charge is 0.339 e. The summed E-state index contributed by atoms with van der Waals surface area (Å²) >= 11 is 0. The van der Waals surface area contributed by atoms with Gasteiger partial charge >= 0.3 is 6.18 Å². The van der Waals surface area contributed by atoms with Gasteiger partial charge in [-0.2, -0.15) is 13.2 Å². The molecule has 1 heterocycles. The first-order valence-electron chi connectivity index (χ1n) is 5.55. The number of likely N-dealkylation sites (tertiary alicyclic amines) is 1. The number of carbonyl (C=O) groups is 1. The van der Waals surface area contributed by atoms with Crippen LogP contribution in [0.4, 0.5) is 17.6 Å². The van der Waals surface area contributed by atoms with Gasteiger partial charge in [-0.15, -0.1) is 0 Å². The zero-order valence-corrected chi connectivity index (χ0v) is 9.43. The highest BCUT2D eigenvalue weighted by Crippen LogP contribution is 2.32. The van der Waals surface area contributed by atoms with Gasteiger partial charge < -0.3 is 4.90 Å². The predicted molar refractivity (Wildman–Crippen MR) is 56.5 cm³/mol. The van der Waals surface area contributed by atoms with E-state index in [0.717, 1.165) is 18.9 Å². The Labute approximate surface area is 101 Å². The van der Waals surface area contributed by atoms with E-state index in [9.17, 15) is 22.4 Å². The zero-order chi connectivity index (χ0) is 13.3. The molecule has 0 atom stereocenters. The summed E-state index contributed by atoms with van der Waals surface area (Å²) in [7, 11) is 0. The van der Waals surface area contributed by atoms with Crippen molar-refractivity contribution in [1.82, 2.24) is 4.90 Å². The summed E-state index contributed by atoms with van der Waals surface area (Å²) in [6, 6.07) is 2.35. The molecule has 1 aliphatic heterocycles. The van der Waals surface area contributed by atoms with Crippen LogP contribution in [0.3, 0.4) is 0 Å². The summed E-state index contributed by atoms with van der Waals surface area (Å²) in [6.07, 6.45) is -3.09. The van der Waals surface area contributed by atoms with Gasteiger partial charge in [-0.3, -0.25) is 4.79 Å². The van der Waals surface area contributed by atoms with E-state index in [1.807, 2.05) is 0 Å². The molecule has 6 heteroatoms. The maximum Gasteiger partial charge on any atom is 0.419 e. The second-order valence-corrected chi connectivity index (χ2v) is 4.19. The number of hydrogen-bond acceptors (Lipinski definition) is 1. The van der Waals surface area contributed by atoms with Gasteiger partial charge in [-0.05, 0) is 31.0 Å². The lowest BCUT2D eigenvalue weighted by atomic mass is 10.1. The van der Waals surface area contributed by atoms with Crippen LogP contribution in [0.2, 0.25) is 0 Å². The summed E-state index contributed by atoms with van der Waals surface area (Å²) in [5, 5.41) is 0. The summed E-state index contributed by atoms with van der Waals surface area (Å²) in [5.41, 5.74) is -1.52. The molecule has 0 N–H and O–H groups in total. The Morgan fingerprint density at radius 3 is 2.33 bits per heavy atom. The molecule has 1 aromatic rings. The van der Waals surface area contributed by atoms with E-state index in [0.29, 0.717) is 25.2 Å². The number of nitrogens with zero attached hydrogens (tertiary/aromatic N) is 1. The topological polar surface area (TPSA) is 20.3 Å². The minimum atomic E-state index is -4.79. The third-order valence-electron chi connectivity index (χ3n) is 2.91. The highest BCUT2D eigenvalue weighted by Gasteiger charge is 2.35. The molecule has 18 heavy (non-hydrogen) atoms. The largest absolute Gasteiger partial charge is 0.419 e. The van der Waals surface area contributed by atoms with Crippen LogP contribution in [0.15, 0.2) is 18.2 Å². The van der Waals surface area contributed by atoms with Gasteiger partial charge in [0.25, 0.3) is 5.91 Å². The number of alkyl halides is 3. The average Bonchev–Trinajstić information content (AvgIpc) is 2.80. The quantitative estimate of drug-likeness (QED) is 0.711. The Kier molecular flexibility index (Phi) is 3.28. The summed E-state index contributed by atoms with van der Waals surface area (Å²) in [5.74, 6) is -1.83. The Bertz CT molecular complexity index is 464. The molecular weight excluding hydrogens is 250 g/mol. The van der Waals surface area contributed by atoms with Gasteiger partial charge in [-0.1, -0.05) is 0 Å². The van der Waals surface area contributed by atoms with Crippen LogP contribution in [0, 0.1) is 5.82 Å². The molecule has 0 aromatic heterocycles. The number of hydrogen-bond donors (Lipinski definition) is 0. The monoisotopic (exact) mass is 261 g/mol. The van der Waals surface area contributed by atoms with Crippen LogP contribution in [0.1, 0.15) is 28.8 Å². The van der Waals surface area contributed by atoms with Crippen LogP contribution in [0.5, 0.6) is 0 Å². The SMILES string of the molecule is O=C(c1ccc(F)c(C(F)(F)F)c1)N1CCCC1. The molecule has 2 rings (SSSR count). The van der Waals surface area contributed by atoms with Gasteiger partial charge in [0.15, 0.2) is 0 Å². The maximum atomic E-state index is 13.1. The molecule has 1 saturated heterocycles. The first-order chi connectivity index (χ1) is 8.39. The molecule has 0 aliphatic carbocycles. The molecule has 0 unspecified atom stereocenters. The summed E-state index contributed by atoms with van der Waals surface area (Å²) in [4.78, 5) is 13.4.